The molecule has 2 aliphatic carbocycles. The topological polar surface area (TPSA) is 30.6 Å². The summed E-state index contributed by atoms with van der Waals surface area (Å²) >= 11 is 0. The summed E-state index contributed by atoms with van der Waals surface area (Å²) in [7, 11) is 6.44. The van der Waals surface area contributed by atoms with E-state index in [0.717, 1.165) is 56.9 Å². The van der Waals surface area contributed by atoms with E-state index in [0.29, 0.717) is 0 Å². The Hall–Kier alpha value is -10.7. The van der Waals surface area contributed by atoms with Crippen LogP contribution in [0.2, 0.25) is 0 Å². The van der Waals surface area contributed by atoms with Crippen molar-refractivity contribution in [3.8, 4) is 45.0 Å². The van der Waals surface area contributed by atoms with Crippen molar-refractivity contribution in [3.63, 3.8) is 0 Å². The summed E-state index contributed by atoms with van der Waals surface area (Å²) in [6.07, 6.45) is 6.27. The number of hydrogen-bond acceptors (Lipinski definition) is 4. The highest BCUT2D eigenvalue weighted by atomic mass is 15.4. The lowest BCUT2D eigenvalue weighted by molar-refractivity contribution is -0.670. The van der Waals surface area contributed by atoms with Crippen LogP contribution in [0.4, 0.5) is 51.2 Å². The minimum absolute atomic E-state index is 0.00344. The molecule has 13 aromatic rings. The van der Waals surface area contributed by atoms with E-state index in [2.05, 4.69) is 366 Å². The molecule has 0 saturated carbocycles. The van der Waals surface area contributed by atoms with E-state index in [9.17, 15) is 0 Å². The maximum absolute atomic E-state index is 2.54. The van der Waals surface area contributed by atoms with Crippen LogP contribution in [-0.2, 0) is 24.9 Å². The monoisotopic (exact) mass is 1140 g/mol. The van der Waals surface area contributed by atoms with E-state index < -0.39 is 0 Å². The van der Waals surface area contributed by atoms with Crippen molar-refractivity contribution in [3.05, 3.63) is 307 Å². The van der Waals surface area contributed by atoms with E-state index in [1.54, 1.807) is 0 Å². The number of para-hydroxylation sites is 7. The predicted octanol–water partition coefficient (Wildman–Crippen LogP) is 18.6. The number of hydrogen-bond donors (Lipinski definition) is 0. The van der Waals surface area contributed by atoms with Crippen molar-refractivity contribution in [2.75, 3.05) is 26.6 Å². The molecule has 11 aromatic carbocycles. The van der Waals surface area contributed by atoms with Crippen LogP contribution in [0.15, 0.2) is 280 Å². The SMILES string of the molecule is CN1c2ccccc2N(c2ccccc2)C1c1ccc(N(c2ccccc2)c2ccc3c(c2)C(C)(C)c2cc4c(cc2-3)C(C)(C)c2cc(N(c3ccc(-c5n(-c6ccccc6)c6ccccc6[n+]5C)cc3)c3ccc(-n5cc[n+](C)c5)cc3)ccc2-4)cc1. The van der Waals surface area contributed by atoms with Crippen molar-refractivity contribution < 1.29 is 9.13 Å². The number of fused-ring (bicyclic) bond motifs is 8. The highest BCUT2D eigenvalue weighted by molar-refractivity contribution is 5.93. The number of benzene rings is 11. The molecule has 426 valence electrons. The summed E-state index contributed by atoms with van der Waals surface area (Å²) in [5.41, 5.74) is 27.3. The summed E-state index contributed by atoms with van der Waals surface area (Å²) < 4.78 is 8.93. The van der Waals surface area contributed by atoms with Gasteiger partial charge in [-0.1, -0.05) is 131 Å². The molecule has 1 atom stereocenters. The molecular formula is C80H68N8+2. The third kappa shape index (κ3) is 8.26. The summed E-state index contributed by atoms with van der Waals surface area (Å²) in [5, 5.41) is 0. The highest BCUT2D eigenvalue weighted by Gasteiger charge is 2.43. The van der Waals surface area contributed by atoms with Crippen molar-refractivity contribution in [2.24, 2.45) is 14.1 Å². The molecule has 0 radical (unpaired) electrons. The number of rotatable bonds is 11. The lowest BCUT2D eigenvalue weighted by Crippen LogP contribution is -2.30. The molecule has 16 rings (SSSR count). The zero-order valence-electron chi connectivity index (χ0n) is 50.7. The van der Waals surface area contributed by atoms with Gasteiger partial charge in [0.15, 0.2) is 11.0 Å². The van der Waals surface area contributed by atoms with Gasteiger partial charge in [0.2, 0.25) is 6.33 Å². The first kappa shape index (κ1) is 52.8. The summed E-state index contributed by atoms with van der Waals surface area (Å²) in [4.78, 5) is 9.70. The standard InChI is InChI=1S/C80H68N8/c1-79(2)69-49-63(85(57-21-11-8-12-22-57)60-35-31-54(32-36-60)77-82(6)73-27-17-19-29-75(73)87(77)58-23-13-9-14-24-58)43-45-65(69)67-51-72-68(52-71(67)79)66-46-44-64(50-70(66)80(72,3)4)86(62-41-39-56(40-42-62)84-48-47-81(5)53-84)61-37-33-55(34-38-61)78-83(7)74-28-18-20-30-76(74)88(78)59-25-15-10-16-26-59/h8-53,77H,1-7H3/q+2. The quantitative estimate of drug-likeness (QED) is 0.121. The number of nitrogens with zero attached hydrogens (tertiary/aromatic N) is 8. The Morgan fingerprint density at radius 2 is 0.875 bits per heavy atom. The van der Waals surface area contributed by atoms with Crippen molar-refractivity contribution in [2.45, 2.75) is 44.7 Å². The third-order valence-corrected chi connectivity index (χ3v) is 19.2. The molecule has 0 spiro atoms. The average Bonchev–Trinajstić information content (AvgIpc) is 1.56. The lowest BCUT2D eigenvalue weighted by atomic mass is 9.79. The summed E-state index contributed by atoms with van der Waals surface area (Å²) in [5.74, 6) is 1.12. The first-order chi connectivity index (χ1) is 42.9. The zero-order chi connectivity index (χ0) is 59.6. The third-order valence-electron chi connectivity index (χ3n) is 19.2. The molecule has 1 unspecified atom stereocenters. The van der Waals surface area contributed by atoms with Crippen molar-refractivity contribution in [1.82, 2.24) is 9.13 Å². The van der Waals surface area contributed by atoms with Crippen LogP contribution in [0, 0.1) is 0 Å². The van der Waals surface area contributed by atoms with Gasteiger partial charge in [0.05, 0.1) is 31.0 Å². The van der Waals surface area contributed by atoms with Crippen LogP contribution in [0.25, 0.3) is 56.0 Å². The van der Waals surface area contributed by atoms with E-state index in [1.807, 2.05) is 0 Å². The molecule has 8 nitrogen and oxygen atoms in total. The number of imidazole rings is 2. The maximum atomic E-state index is 2.54. The second-order valence-electron chi connectivity index (χ2n) is 25.0. The van der Waals surface area contributed by atoms with Crippen molar-refractivity contribution in [1.29, 1.82) is 0 Å². The van der Waals surface area contributed by atoms with Crippen LogP contribution < -0.4 is 28.7 Å². The minimum atomic E-state index is -0.282. The smallest absolute Gasteiger partial charge is 0.294 e. The average molecular weight is 1140 g/mol. The molecule has 88 heavy (non-hydrogen) atoms. The largest absolute Gasteiger partial charge is 0.349 e. The van der Waals surface area contributed by atoms with Gasteiger partial charge in [-0.05, 0) is 208 Å². The van der Waals surface area contributed by atoms with Gasteiger partial charge < -0.3 is 19.6 Å². The summed E-state index contributed by atoms with van der Waals surface area (Å²) in [6, 6.07) is 96.4. The van der Waals surface area contributed by atoms with Gasteiger partial charge in [0.25, 0.3) is 5.82 Å². The molecule has 1 aliphatic heterocycles. The Kier molecular flexibility index (Phi) is 12.1. The first-order valence-corrected chi connectivity index (χ1v) is 30.6. The lowest BCUT2D eigenvalue weighted by Gasteiger charge is -2.32. The Bertz CT molecular complexity index is 4830. The van der Waals surface area contributed by atoms with Crippen LogP contribution in [0.5, 0.6) is 0 Å². The van der Waals surface area contributed by atoms with Gasteiger partial charge in [-0.3, -0.25) is 0 Å². The minimum Gasteiger partial charge on any atom is -0.349 e. The molecule has 0 amide bonds. The van der Waals surface area contributed by atoms with E-state index in [4.69, 9.17) is 0 Å². The van der Waals surface area contributed by atoms with E-state index >= 15 is 0 Å². The van der Waals surface area contributed by atoms with Gasteiger partial charge in [0, 0.05) is 57.7 Å². The number of anilines is 9. The fourth-order valence-corrected chi connectivity index (χ4v) is 14.7. The molecule has 0 fully saturated rings. The molecule has 8 heteroatoms. The second kappa shape index (κ2) is 20.2. The van der Waals surface area contributed by atoms with Crippen LogP contribution in [0.3, 0.4) is 0 Å². The Labute approximate surface area is 515 Å². The number of aromatic nitrogens is 4. The summed E-state index contributed by atoms with van der Waals surface area (Å²) in [6.45, 7) is 9.67. The zero-order valence-corrected chi connectivity index (χ0v) is 50.7. The molecule has 0 N–H and O–H groups in total. The fourth-order valence-electron chi connectivity index (χ4n) is 14.7. The van der Waals surface area contributed by atoms with Gasteiger partial charge >= 0.3 is 0 Å². The Morgan fingerprint density at radius 3 is 1.44 bits per heavy atom. The van der Waals surface area contributed by atoms with Gasteiger partial charge in [-0.2, -0.15) is 4.57 Å². The van der Waals surface area contributed by atoms with E-state index in [-0.39, 0.29) is 17.0 Å². The fraction of sp³-hybridized carbons (Fsp3) is 0.125. The van der Waals surface area contributed by atoms with E-state index in [1.165, 1.54) is 78.2 Å². The Balaban J connectivity index is 0.748. The molecule has 3 aliphatic rings. The number of aryl methyl sites for hydroxylation is 2. The van der Waals surface area contributed by atoms with Gasteiger partial charge in [-0.25, -0.2) is 13.7 Å². The predicted molar refractivity (Wildman–Crippen MR) is 361 cm³/mol. The first-order valence-electron chi connectivity index (χ1n) is 30.6. The molecule has 0 bridgehead atoms. The highest BCUT2D eigenvalue weighted by Crippen LogP contribution is 2.58. The maximum Gasteiger partial charge on any atom is 0.294 e. The van der Waals surface area contributed by atoms with Crippen LogP contribution in [-0.4, -0.2) is 16.2 Å². The van der Waals surface area contributed by atoms with Crippen LogP contribution >= 0.6 is 0 Å². The normalized spacial score (nSPS) is 14.8. The second-order valence-corrected chi connectivity index (χ2v) is 25.0. The molecule has 0 saturated heterocycles. The van der Waals surface area contributed by atoms with Gasteiger partial charge in [-0.15, -0.1) is 0 Å². The molecule has 3 heterocycles. The Morgan fingerprint density at radius 1 is 0.409 bits per heavy atom. The van der Waals surface area contributed by atoms with Crippen molar-refractivity contribution >= 4 is 62.2 Å². The van der Waals surface area contributed by atoms with Gasteiger partial charge in [0.1, 0.15) is 29.9 Å². The van der Waals surface area contributed by atoms with Crippen LogP contribution in [0.1, 0.15) is 61.7 Å². The molecule has 2 aromatic heterocycles. The molecular weight excluding hydrogens is 1070 g/mol.